The molecule has 0 unspecified atom stereocenters. The minimum absolute atomic E-state index is 0.968. The van der Waals surface area contributed by atoms with Crippen molar-refractivity contribution in [2.24, 2.45) is 7.05 Å². The highest BCUT2D eigenvalue weighted by molar-refractivity contribution is 5.73. The van der Waals surface area contributed by atoms with Crippen molar-refractivity contribution < 1.29 is 0 Å². The number of aromatic nitrogens is 4. The van der Waals surface area contributed by atoms with Crippen LogP contribution in [0.25, 0.3) is 11.0 Å². The van der Waals surface area contributed by atoms with Crippen LogP contribution in [0, 0.1) is 0 Å². The lowest BCUT2D eigenvalue weighted by molar-refractivity contribution is 0.779. The molecule has 2 aromatic heterocycles. The second kappa shape index (κ2) is 1.34. The van der Waals surface area contributed by atoms with Crippen molar-refractivity contribution in [3.63, 3.8) is 0 Å². The second-order valence-electron chi connectivity index (χ2n) is 1.94. The number of hydrogen-bond donors (Lipinski definition) is 1. The topological polar surface area (TPSA) is 46.5 Å². The molecule has 0 aliphatic carbocycles. The van der Waals surface area contributed by atoms with Crippen LogP contribution in [0.2, 0.25) is 0 Å². The highest BCUT2D eigenvalue weighted by Crippen LogP contribution is 2.05. The van der Waals surface area contributed by atoms with Gasteiger partial charge < -0.3 is 0 Å². The molecule has 0 amide bonds. The van der Waals surface area contributed by atoms with E-state index in [0.29, 0.717) is 0 Å². The molecule has 4 nitrogen and oxygen atoms in total. The molecule has 0 saturated carbocycles. The van der Waals surface area contributed by atoms with Crippen LogP contribution in [0.4, 0.5) is 0 Å². The largest absolute Gasteiger partial charge is 0.261 e. The SMILES string of the molecule is Cn1ncc2cn[nH]c21. The first kappa shape index (κ1) is 4.55. The molecule has 2 rings (SSSR count). The van der Waals surface area contributed by atoms with Gasteiger partial charge in [-0.25, -0.2) is 0 Å². The monoisotopic (exact) mass is 122 g/mol. The van der Waals surface area contributed by atoms with Gasteiger partial charge in [0.2, 0.25) is 0 Å². The van der Waals surface area contributed by atoms with Crippen LogP contribution < -0.4 is 0 Å². The van der Waals surface area contributed by atoms with Crippen molar-refractivity contribution in [1.82, 2.24) is 20.0 Å². The number of aromatic amines is 1. The van der Waals surface area contributed by atoms with Crippen LogP contribution in [-0.2, 0) is 7.05 Å². The maximum atomic E-state index is 4.00. The van der Waals surface area contributed by atoms with Crippen molar-refractivity contribution >= 4 is 11.0 Å². The molecule has 2 heterocycles. The van der Waals surface area contributed by atoms with Crippen molar-refractivity contribution in [3.8, 4) is 0 Å². The highest BCUT2D eigenvalue weighted by Gasteiger charge is 1.97. The minimum atomic E-state index is 0.968. The fourth-order valence-corrected chi connectivity index (χ4v) is 0.849. The summed E-state index contributed by atoms with van der Waals surface area (Å²) in [5.41, 5.74) is 0.968. The van der Waals surface area contributed by atoms with Crippen LogP contribution in [0.15, 0.2) is 12.4 Å². The molecule has 0 radical (unpaired) electrons. The number of nitrogens with one attached hydrogen (secondary N) is 1. The molecule has 9 heavy (non-hydrogen) atoms. The Labute approximate surface area is 51.5 Å². The molecule has 46 valence electrons. The Morgan fingerprint density at radius 3 is 3.22 bits per heavy atom. The Hall–Kier alpha value is -1.32. The molecular weight excluding hydrogens is 116 g/mol. The Bertz CT molecular complexity index is 318. The number of hydrogen-bond acceptors (Lipinski definition) is 2. The van der Waals surface area contributed by atoms with E-state index in [-0.39, 0.29) is 0 Å². The summed E-state index contributed by atoms with van der Waals surface area (Å²) in [7, 11) is 1.88. The van der Waals surface area contributed by atoms with Gasteiger partial charge in [0.05, 0.1) is 17.8 Å². The van der Waals surface area contributed by atoms with E-state index in [4.69, 9.17) is 0 Å². The number of fused-ring (bicyclic) bond motifs is 1. The van der Waals surface area contributed by atoms with E-state index in [9.17, 15) is 0 Å². The first-order valence-electron chi connectivity index (χ1n) is 2.69. The molecule has 0 aromatic carbocycles. The summed E-state index contributed by atoms with van der Waals surface area (Å²) in [6.45, 7) is 0. The molecule has 0 aliphatic heterocycles. The van der Waals surface area contributed by atoms with Crippen molar-refractivity contribution in [1.29, 1.82) is 0 Å². The van der Waals surface area contributed by atoms with E-state index >= 15 is 0 Å². The zero-order valence-corrected chi connectivity index (χ0v) is 5.00. The van der Waals surface area contributed by atoms with Crippen LogP contribution in [0.5, 0.6) is 0 Å². The Balaban J connectivity index is 2.99. The van der Waals surface area contributed by atoms with Gasteiger partial charge in [-0.3, -0.25) is 9.78 Å². The molecule has 0 aliphatic rings. The molecule has 2 aromatic rings. The zero-order chi connectivity index (χ0) is 6.27. The molecule has 0 atom stereocenters. The van der Waals surface area contributed by atoms with Crippen molar-refractivity contribution in [3.05, 3.63) is 12.4 Å². The molecule has 0 fully saturated rings. The zero-order valence-electron chi connectivity index (χ0n) is 5.00. The number of aryl methyl sites for hydroxylation is 1. The van der Waals surface area contributed by atoms with E-state index in [1.54, 1.807) is 17.1 Å². The fraction of sp³-hybridized carbons (Fsp3) is 0.200. The Kier molecular flexibility index (Phi) is 0.677. The van der Waals surface area contributed by atoms with Crippen LogP contribution in [0.3, 0.4) is 0 Å². The summed E-state index contributed by atoms with van der Waals surface area (Å²) < 4.78 is 1.75. The molecule has 1 N–H and O–H groups in total. The van der Waals surface area contributed by atoms with Gasteiger partial charge in [-0.2, -0.15) is 10.2 Å². The van der Waals surface area contributed by atoms with Gasteiger partial charge in [-0.1, -0.05) is 0 Å². The molecule has 0 saturated heterocycles. The van der Waals surface area contributed by atoms with Crippen LogP contribution in [-0.4, -0.2) is 20.0 Å². The van der Waals surface area contributed by atoms with Gasteiger partial charge in [0.25, 0.3) is 0 Å². The van der Waals surface area contributed by atoms with Gasteiger partial charge in [-0.05, 0) is 0 Å². The normalized spacial score (nSPS) is 10.8. The number of H-pyrrole nitrogens is 1. The third-order valence-electron chi connectivity index (χ3n) is 1.34. The summed E-state index contributed by atoms with van der Waals surface area (Å²) in [6, 6.07) is 0. The Morgan fingerprint density at radius 2 is 2.44 bits per heavy atom. The predicted octanol–water partition coefficient (Wildman–Crippen LogP) is 0.296. The summed E-state index contributed by atoms with van der Waals surface area (Å²) in [5, 5.41) is 11.7. The molecular formula is C5H6N4. The smallest absolute Gasteiger partial charge is 0.153 e. The lowest BCUT2D eigenvalue weighted by Crippen LogP contribution is -1.89. The van der Waals surface area contributed by atoms with Gasteiger partial charge in [0, 0.05) is 7.05 Å². The van der Waals surface area contributed by atoms with Gasteiger partial charge in [0.15, 0.2) is 5.65 Å². The minimum Gasteiger partial charge on any atom is -0.261 e. The Morgan fingerprint density at radius 1 is 1.56 bits per heavy atom. The van der Waals surface area contributed by atoms with E-state index < -0.39 is 0 Å². The van der Waals surface area contributed by atoms with E-state index in [0.717, 1.165) is 11.0 Å². The average molecular weight is 122 g/mol. The maximum Gasteiger partial charge on any atom is 0.153 e. The van der Waals surface area contributed by atoms with E-state index in [2.05, 4.69) is 15.3 Å². The second-order valence-corrected chi connectivity index (χ2v) is 1.94. The average Bonchev–Trinajstić information content (AvgIpc) is 2.35. The third kappa shape index (κ3) is 0.468. The van der Waals surface area contributed by atoms with Crippen molar-refractivity contribution in [2.75, 3.05) is 0 Å². The predicted molar refractivity (Wildman–Crippen MR) is 32.9 cm³/mol. The standard InChI is InChI=1S/C5H6N4/c1-9-5-4(3-7-9)2-6-8-5/h2-3H,1H3,(H,6,8). The third-order valence-corrected chi connectivity index (χ3v) is 1.34. The summed E-state index contributed by atoms with van der Waals surface area (Å²) in [4.78, 5) is 0. The number of rotatable bonds is 0. The quantitative estimate of drug-likeness (QED) is 0.546. The number of nitrogens with zero attached hydrogens (tertiary/aromatic N) is 3. The summed E-state index contributed by atoms with van der Waals surface area (Å²) in [6.07, 6.45) is 3.53. The lowest BCUT2D eigenvalue weighted by atomic mass is 10.5. The van der Waals surface area contributed by atoms with Crippen LogP contribution in [0.1, 0.15) is 0 Å². The van der Waals surface area contributed by atoms with Crippen LogP contribution >= 0.6 is 0 Å². The first-order valence-corrected chi connectivity index (χ1v) is 2.69. The van der Waals surface area contributed by atoms with Gasteiger partial charge in [-0.15, -0.1) is 0 Å². The van der Waals surface area contributed by atoms with E-state index in [1.165, 1.54) is 0 Å². The lowest BCUT2D eigenvalue weighted by Gasteiger charge is -1.83. The molecule has 0 spiro atoms. The molecule has 4 heteroatoms. The molecule has 0 bridgehead atoms. The van der Waals surface area contributed by atoms with E-state index in [1.807, 2.05) is 7.05 Å². The fourth-order valence-electron chi connectivity index (χ4n) is 0.849. The van der Waals surface area contributed by atoms with Gasteiger partial charge in [0.1, 0.15) is 0 Å². The summed E-state index contributed by atoms with van der Waals surface area (Å²) >= 11 is 0. The van der Waals surface area contributed by atoms with Crippen molar-refractivity contribution in [2.45, 2.75) is 0 Å². The maximum absolute atomic E-state index is 4.00. The summed E-state index contributed by atoms with van der Waals surface area (Å²) in [5.74, 6) is 0. The highest BCUT2D eigenvalue weighted by atomic mass is 15.3. The van der Waals surface area contributed by atoms with Gasteiger partial charge >= 0.3 is 0 Å². The first-order chi connectivity index (χ1) is 4.38.